The minimum absolute atomic E-state index is 0.0692. The first kappa shape index (κ1) is 9.75. The molecule has 0 aliphatic heterocycles. The molecule has 0 saturated carbocycles. The van der Waals surface area contributed by atoms with Crippen LogP contribution in [0.4, 0.5) is 0 Å². The SMILES string of the molecule is CCCC1=CC(OC)C(O)CC1. The van der Waals surface area contributed by atoms with Gasteiger partial charge in [0.05, 0.1) is 6.10 Å². The van der Waals surface area contributed by atoms with Gasteiger partial charge in [-0.3, -0.25) is 0 Å². The third-order valence-electron chi connectivity index (χ3n) is 2.38. The van der Waals surface area contributed by atoms with Gasteiger partial charge in [-0.2, -0.15) is 0 Å². The van der Waals surface area contributed by atoms with Crippen LogP contribution in [0.15, 0.2) is 11.6 Å². The number of methoxy groups -OCH3 is 1. The lowest BCUT2D eigenvalue weighted by atomic mass is 9.92. The number of hydrogen-bond acceptors (Lipinski definition) is 2. The van der Waals surface area contributed by atoms with Crippen molar-refractivity contribution in [3.63, 3.8) is 0 Å². The highest BCUT2D eigenvalue weighted by molar-refractivity contribution is 5.11. The molecule has 0 fully saturated rings. The van der Waals surface area contributed by atoms with Crippen molar-refractivity contribution in [1.82, 2.24) is 0 Å². The van der Waals surface area contributed by atoms with Crippen LogP contribution in [0.25, 0.3) is 0 Å². The second-order valence-corrected chi connectivity index (χ2v) is 3.38. The number of rotatable bonds is 3. The van der Waals surface area contributed by atoms with Crippen molar-refractivity contribution in [2.45, 2.75) is 44.8 Å². The van der Waals surface area contributed by atoms with E-state index in [0.717, 1.165) is 19.3 Å². The van der Waals surface area contributed by atoms with Crippen LogP contribution in [0.3, 0.4) is 0 Å². The Morgan fingerprint density at radius 1 is 1.67 bits per heavy atom. The molecule has 0 radical (unpaired) electrons. The molecule has 0 amide bonds. The summed E-state index contributed by atoms with van der Waals surface area (Å²) >= 11 is 0. The average Bonchev–Trinajstić information content (AvgIpc) is 2.09. The molecular formula is C10H18O2. The second kappa shape index (κ2) is 4.63. The smallest absolute Gasteiger partial charge is 0.101 e. The molecular weight excluding hydrogens is 152 g/mol. The van der Waals surface area contributed by atoms with Gasteiger partial charge in [0.25, 0.3) is 0 Å². The molecule has 2 atom stereocenters. The zero-order valence-electron chi connectivity index (χ0n) is 7.92. The summed E-state index contributed by atoms with van der Waals surface area (Å²) in [4.78, 5) is 0. The Morgan fingerprint density at radius 2 is 2.42 bits per heavy atom. The van der Waals surface area contributed by atoms with E-state index in [1.807, 2.05) is 0 Å². The van der Waals surface area contributed by atoms with Crippen molar-refractivity contribution in [2.75, 3.05) is 7.11 Å². The summed E-state index contributed by atoms with van der Waals surface area (Å²) in [6.45, 7) is 2.17. The summed E-state index contributed by atoms with van der Waals surface area (Å²) in [6.07, 6.45) is 5.93. The van der Waals surface area contributed by atoms with Crippen molar-refractivity contribution in [2.24, 2.45) is 0 Å². The molecule has 1 aliphatic carbocycles. The van der Waals surface area contributed by atoms with E-state index < -0.39 is 0 Å². The quantitative estimate of drug-likeness (QED) is 0.655. The predicted molar refractivity (Wildman–Crippen MR) is 49.0 cm³/mol. The highest BCUT2D eigenvalue weighted by Crippen LogP contribution is 2.23. The van der Waals surface area contributed by atoms with Gasteiger partial charge < -0.3 is 9.84 Å². The van der Waals surface area contributed by atoms with Crippen molar-refractivity contribution in [3.05, 3.63) is 11.6 Å². The molecule has 70 valence electrons. The first-order valence-corrected chi connectivity index (χ1v) is 4.68. The molecule has 2 nitrogen and oxygen atoms in total. The molecule has 1 rings (SSSR count). The fourth-order valence-electron chi connectivity index (χ4n) is 1.68. The minimum Gasteiger partial charge on any atom is -0.390 e. The van der Waals surface area contributed by atoms with Crippen LogP contribution in [-0.2, 0) is 4.74 Å². The molecule has 2 unspecified atom stereocenters. The van der Waals surface area contributed by atoms with Gasteiger partial charge in [-0.05, 0) is 19.3 Å². The number of hydrogen-bond donors (Lipinski definition) is 1. The highest BCUT2D eigenvalue weighted by atomic mass is 16.5. The third-order valence-corrected chi connectivity index (χ3v) is 2.38. The topological polar surface area (TPSA) is 29.5 Å². The molecule has 0 aromatic heterocycles. The monoisotopic (exact) mass is 170 g/mol. The number of ether oxygens (including phenoxy) is 1. The average molecular weight is 170 g/mol. The lowest BCUT2D eigenvalue weighted by molar-refractivity contribution is 0.00708. The lowest BCUT2D eigenvalue weighted by Gasteiger charge is -2.25. The molecule has 0 heterocycles. The van der Waals surface area contributed by atoms with E-state index >= 15 is 0 Å². The Morgan fingerprint density at radius 3 is 3.00 bits per heavy atom. The molecule has 0 aromatic carbocycles. The molecule has 12 heavy (non-hydrogen) atoms. The van der Waals surface area contributed by atoms with Crippen molar-refractivity contribution < 1.29 is 9.84 Å². The Balaban J connectivity index is 2.54. The van der Waals surface area contributed by atoms with Gasteiger partial charge >= 0.3 is 0 Å². The van der Waals surface area contributed by atoms with Crippen molar-refractivity contribution in [1.29, 1.82) is 0 Å². The maximum Gasteiger partial charge on any atom is 0.101 e. The Labute approximate surface area is 74.2 Å². The predicted octanol–water partition coefficient (Wildman–Crippen LogP) is 1.88. The zero-order chi connectivity index (χ0) is 8.97. The van der Waals surface area contributed by atoms with Crippen LogP contribution in [0.1, 0.15) is 32.6 Å². The number of aliphatic hydroxyl groups excluding tert-OH is 1. The van der Waals surface area contributed by atoms with Gasteiger partial charge in [0.2, 0.25) is 0 Å². The van der Waals surface area contributed by atoms with Gasteiger partial charge in [-0.25, -0.2) is 0 Å². The van der Waals surface area contributed by atoms with Crippen molar-refractivity contribution >= 4 is 0 Å². The summed E-state index contributed by atoms with van der Waals surface area (Å²) in [6, 6.07) is 0. The zero-order valence-corrected chi connectivity index (χ0v) is 7.92. The van der Waals surface area contributed by atoms with Crippen LogP contribution >= 0.6 is 0 Å². The molecule has 1 aliphatic rings. The van der Waals surface area contributed by atoms with E-state index in [2.05, 4.69) is 13.0 Å². The summed E-state index contributed by atoms with van der Waals surface area (Å²) in [5.74, 6) is 0. The van der Waals surface area contributed by atoms with E-state index in [4.69, 9.17) is 4.74 Å². The van der Waals surface area contributed by atoms with Gasteiger partial charge in [-0.15, -0.1) is 0 Å². The molecule has 0 saturated heterocycles. The summed E-state index contributed by atoms with van der Waals surface area (Å²) in [7, 11) is 1.65. The Bertz CT molecular complexity index is 163. The standard InChI is InChI=1S/C10H18O2/c1-3-4-8-5-6-9(11)10(7-8)12-2/h7,9-11H,3-6H2,1-2H3. The maximum absolute atomic E-state index is 9.49. The fourth-order valence-corrected chi connectivity index (χ4v) is 1.68. The van der Waals surface area contributed by atoms with Gasteiger partial charge in [0.1, 0.15) is 6.10 Å². The molecule has 0 bridgehead atoms. The third kappa shape index (κ3) is 2.32. The number of aliphatic hydroxyl groups is 1. The lowest BCUT2D eigenvalue weighted by Crippen LogP contribution is -2.29. The van der Waals surface area contributed by atoms with E-state index in [-0.39, 0.29) is 12.2 Å². The Kier molecular flexibility index (Phi) is 3.76. The maximum atomic E-state index is 9.49. The van der Waals surface area contributed by atoms with Crippen LogP contribution in [0.5, 0.6) is 0 Å². The van der Waals surface area contributed by atoms with E-state index in [1.165, 1.54) is 12.0 Å². The number of allylic oxidation sites excluding steroid dienone is 1. The minimum atomic E-state index is -0.296. The van der Waals surface area contributed by atoms with Gasteiger partial charge in [-0.1, -0.05) is 25.0 Å². The van der Waals surface area contributed by atoms with Gasteiger partial charge in [0, 0.05) is 7.11 Å². The molecule has 0 aromatic rings. The first-order valence-electron chi connectivity index (χ1n) is 4.68. The van der Waals surface area contributed by atoms with Gasteiger partial charge in [0.15, 0.2) is 0 Å². The van der Waals surface area contributed by atoms with Crippen LogP contribution < -0.4 is 0 Å². The second-order valence-electron chi connectivity index (χ2n) is 3.38. The van der Waals surface area contributed by atoms with Crippen molar-refractivity contribution in [3.8, 4) is 0 Å². The summed E-state index contributed by atoms with van der Waals surface area (Å²) in [5, 5.41) is 9.49. The fraction of sp³-hybridized carbons (Fsp3) is 0.800. The summed E-state index contributed by atoms with van der Waals surface area (Å²) < 4.78 is 5.15. The van der Waals surface area contributed by atoms with E-state index in [9.17, 15) is 5.11 Å². The highest BCUT2D eigenvalue weighted by Gasteiger charge is 2.21. The Hall–Kier alpha value is -0.340. The normalized spacial score (nSPS) is 30.1. The van der Waals surface area contributed by atoms with Crippen LogP contribution in [0, 0.1) is 0 Å². The van der Waals surface area contributed by atoms with Crippen LogP contribution in [0.2, 0.25) is 0 Å². The largest absolute Gasteiger partial charge is 0.390 e. The molecule has 0 spiro atoms. The summed E-state index contributed by atoms with van der Waals surface area (Å²) in [5.41, 5.74) is 1.44. The van der Waals surface area contributed by atoms with Crippen LogP contribution in [-0.4, -0.2) is 24.4 Å². The molecule has 1 N–H and O–H groups in total. The molecule has 2 heteroatoms. The van der Waals surface area contributed by atoms with E-state index in [0.29, 0.717) is 0 Å². The van der Waals surface area contributed by atoms with E-state index in [1.54, 1.807) is 7.11 Å². The first-order chi connectivity index (χ1) is 5.77.